The fraction of sp³-hybridized carbons (Fsp3) is 0.188. The minimum absolute atomic E-state index is 0.107. The van der Waals surface area contributed by atoms with Gasteiger partial charge in [-0.3, -0.25) is 9.00 Å². The van der Waals surface area contributed by atoms with Crippen molar-refractivity contribution in [2.45, 2.75) is 12.7 Å². The van der Waals surface area contributed by atoms with Gasteiger partial charge in [-0.2, -0.15) is 0 Å². The van der Waals surface area contributed by atoms with Crippen molar-refractivity contribution in [1.82, 2.24) is 0 Å². The van der Waals surface area contributed by atoms with Gasteiger partial charge in [0.2, 0.25) is 5.91 Å². The van der Waals surface area contributed by atoms with E-state index in [-0.39, 0.29) is 11.7 Å². The molecule has 1 atom stereocenters. The van der Waals surface area contributed by atoms with Crippen LogP contribution in [0.1, 0.15) is 11.1 Å². The van der Waals surface area contributed by atoms with Crippen LogP contribution in [0.15, 0.2) is 48.5 Å². The number of hydrogen-bond acceptors (Lipinski definition) is 2. The van der Waals surface area contributed by atoms with Crippen molar-refractivity contribution < 1.29 is 13.4 Å². The molecule has 3 nitrogen and oxygen atoms in total. The van der Waals surface area contributed by atoms with E-state index >= 15 is 0 Å². The van der Waals surface area contributed by atoms with Crippen LogP contribution in [0.25, 0.3) is 0 Å². The first-order valence-electron chi connectivity index (χ1n) is 6.49. The van der Waals surface area contributed by atoms with Crippen LogP contribution in [0.4, 0.5) is 10.1 Å². The summed E-state index contributed by atoms with van der Waals surface area (Å²) >= 11 is 0. The highest BCUT2D eigenvalue weighted by atomic mass is 32.2. The summed E-state index contributed by atoms with van der Waals surface area (Å²) in [5.74, 6) is -0.580. The van der Waals surface area contributed by atoms with Crippen LogP contribution in [-0.4, -0.2) is 15.9 Å². The molecule has 2 aromatic rings. The molecular formula is C16H16FNO2S. The SMILES string of the molecule is Cc1cccc(CS(=O)CC(=O)Nc2cccc(F)c2)c1. The minimum Gasteiger partial charge on any atom is -0.325 e. The lowest BCUT2D eigenvalue weighted by Gasteiger charge is -2.06. The van der Waals surface area contributed by atoms with Crippen molar-refractivity contribution >= 4 is 22.4 Å². The van der Waals surface area contributed by atoms with E-state index in [9.17, 15) is 13.4 Å². The Morgan fingerprint density at radius 3 is 2.67 bits per heavy atom. The molecule has 0 aliphatic carbocycles. The number of hydrogen-bond donors (Lipinski definition) is 1. The summed E-state index contributed by atoms with van der Waals surface area (Å²) < 4.78 is 25.0. The number of anilines is 1. The van der Waals surface area contributed by atoms with Gasteiger partial charge >= 0.3 is 0 Å². The Bertz CT molecular complexity index is 615. The Kier molecular flexibility index (Phi) is 5.22. The van der Waals surface area contributed by atoms with E-state index in [0.717, 1.165) is 11.1 Å². The molecule has 2 aromatic carbocycles. The van der Waals surface area contributed by atoms with E-state index < -0.39 is 16.6 Å². The second kappa shape index (κ2) is 7.13. The van der Waals surface area contributed by atoms with Crippen LogP contribution >= 0.6 is 0 Å². The zero-order valence-corrected chi connectivity index (χ0v) is 12.5. The number of aryl methyl sites for hydroxylation is 1. The van der Waals surface area contributed by atoms with Crippen molar-refractivity contribution in [1.29, 1.82) is 0 Å². The maximum Gasteiger partial charge on any atom is 0.237 e. The zero-order chi connectivity index (χ0) is 15.2. The summed E-state index contributed by atoms with van der Waals surface area (Å²) in [5.41, 5.74) is 2.40. The molecule has 0 radical (unpaired) electrons. The van der Waals surface area contributed by atoms with E-state index in [0.29, 0.717) is 11.4 Å². The molecule has 2 rings (SSSR count). The van der Waals surface area contributed by atoms with Gasteiger partial charge < -0.3 is 5.32 Å². The largest absolute Gasteiger partial charge is 0.325 e. The summed E-state index contributed by atoms with van der Waals surface area (Å²) in [6.07, 6.45) is 0. The molecule has 0 aliphatic rings. The van der Waals surface area contributed by atoms with Gasteiger partial charge in [0.05, 0.1) is 0 Å². The lowest BCUT2D eigenvalue weighted by molar-refractivity contribution is -0.113. The standard InChI is InChI=1S/C16H16FNO2S/c1-12-4-2-5-13(8-12)10-21(20)11-16(19)18-15-7-3-6-14(17)9-15/h2-9H,10-11H2,1H3,(H,18,19). The number of rotatable bonds is 5. The molecule has 0 saturated heterocycles. The molecule has 1 unspecified atom stereocenters. The first-order chi connectivity index (χ1) is 10.0. The van der Waals surface area contributed by atoms with Gasteiger partial charge in [-0.25, -0.2) is 4.39 Å². The van der Waals surface area contributed by atoms with E-state index in [1.54, 1.807) is 6.07 Å². The predicted octanol–water partition coefficient (Wildman–Crippen LogP) is 3.02. The number of carbonyl (C=O) groups excluding carboxylic acids is 1. The Morgan fingerprint density at radius 1 is 1.19 bits per heavy atom. The molecule has 5 heteroatoms. The highest BCUT2D eigenvalue weighted by Crippen LogP contribution is 2.10. The quantitative estimate of drug-likeness (QED) is 0.923. The van der Waals surface area contributed by atoms with Gasteiger partial charge in [0, 0.05) is 22.2 Å². The maximum absolute atomic E-state index is 13.0. The molecule has 110 valence electrons. The molecule has 0 bridgehead atoms. The molecule has 1 amide bonds. The third-order valence-corrected chi connectivity index (χ3v) is 4.05. The van der Waals surface area contributed by atoms with E-state index in [1.165, 1.54) is 18.2 Å². The first kappa shape index (κ1) is 15.4. The molecule has 0 spiro atoms. The second-order valence-electron chi connectivity index (χ2n) is 4.78. The summed E-state index contributed by atoms with van der Waals surface area (Å²) in [7, 11) is -1.29. The Balaban J connectivity index is 1.89. The molecule has 21 heavy (non-hydrogen) atoms. The second-order valence-corrected chi connectivity index (χ2v) is 6.23. The maximum atomic E-state index is 13.0. The number of benzene rings is 2. The molecule has 0 fully saturated rings. The Hall–Kier alpha value is -2.01. The van der Waals surface area contributed by atoms with Gasteiger partial charge in [-0.05, 0) is 30.7 Å². The average molecular weight is 305 g/mol. The average Bonchev–Trinajstić information content (AvgIpc) is 2.38. The fourth-order valence-corrected chi connectivity index (χ4v) is 2.97. The zero-order valence-electron chi connectivity index (χ0n) is 11.6. The molecular weight excluding hydrogens is 289 g/mol. The smallest absolute Gasteiger partial charge is 0.237 e. The molecule has 1 N–H and O–H groups in total. The lowest BCUT2D eigenvalue weighted by Crippen LogP contribution is -2.20. The van der Waals surface area contributed by atoms with Crippen LogP contribution in [0.3, 0.4) is 0 Å². The molecule has 0 aromatic heterocycles. The fourth-order valence-electron chi connectivity index (χ4n) is 1.95. The van der Waals surface area contributed by atoms with Gasteiger partial charge in [0.25, 0.3) is 0 Å². The lowest BCUT2D eigenvalue weighted by atomic mass is 10.2. The predicted molar refractivity (Wildman–Crippen MR) is 82.9 cm³/mol. The van der Waals surface area contributed by atoms with E-state index in [1.807, 2.05) is 31.2 Å². The molecule has 0 saturated carbocycles. The number of amides is 1. The van der Waals surface area contributed by atoms with Crippen LogP contribution in [0.2, 0.25) is 0 Å². The van der Waals surface area contributed by atoms with Crippen LogP contribution in [0.5, 0.6) is 0 Å². The summed E-state index contributed by atoms with van der Waals surface area (Å²) in [4.78, 5) is 11.8. The third-order valence-electron chi connectivity index (χ3n) is 2.81. The van der Waals surface area contributed by atoms with Crippen molar-refractivity contribution in [3.8, 4) is 0 Å². The number of nitrogens with one attached hydrogen (secondary N) is 1. The summed E-state index contributed by atoms with van der Waals surface area (Å²) in [5, 5.41) is 2.54. The van der Waals surface area contributed by atoms with Gasteiger partial charge in [-0.1, -0.05) is 35.9 Å². The van der Waals surface area contributed by atoms with Crippen molar-refractivity contribution in [2.75, 3.05) is 11.1 Å². The Morgan fingerprint density at radius 2 is 1.95 bits per heavy atom. The van der Waals surface area contributed by atoms with Crippen molar-refractivity contribution in [3.05, 3.63) is 65.5 Å². The summed E-state index contributed by atoms with van der Waals surface area (Å²) in [6, 6.07) is 13.3. The minimum atomic E-state index is -1.29. The first-order valence-corrected chi connectivity index (χ1v) is 7.97. The third kappa shape index (κ3) is 5.11. The number of halogens is 1. The van der Waals surface area contributed by atoms with Crippen LogP contribution in [-0.2, 0) is 21.3 Å². The van der Waals surface area contributed by atoms with Gasteiger partial charge in [-0.15, -0.1) is 0 Å². The topological polar surface area (TPSA) is 46.2 Å². The van der Waals surface area contributed by atoms with Crippen molar-refractivity contribution in [3.63, 3.8) is 0 Å². The highest BCUT2D eigenvalue weighted by Gasteiger charge is 2.09. The number of carbonyl (C=O) groups is 1. The monoisotopic (exact) mass is 305 g/mol. The van der Waals surface area contributed by atoms with Crippen LogP contribution in [0, 0.1) is 12.7 Å². The highest BCUT2D eigenvalue weighted by molar-refractivity contribution is 7.84. The van der Waals surface area contributed by atoms with Crippen LogP contribution < -0.4 is 5.32 Å². The van der Waals surface area contributed by atoms with E-state index in [2.05, 4.69) is 5.32 Å². The van der Waals surface area contributed by atoms with Gasteiger partial charge in [0.15, 0.2) is 0 Å². The summed E-state index contributed by atoms with van der Waals surface area (Å²) in [6.45, 7) is 1.96. The molecule has 0 aliphatic heterocycles. The Labute approximate surface area is 125 Å². The normalized spacial score (nSPS) is 11.9. The molecule has 0 heterocycles. The van der Waals surface area contributed by atoms with Gasteiger partial charge in [0.1, 0.15) is 11.6 Å². The van der Waals surface area contributed by atoms with E-state index in [4.69, 9.17) is 0 Å². The van der Waals surface area contributed by atoms with Crippen molar-refractivity contribution in [2.24, 2.45) is 0 Å².